The molecule has 0 saturated carbocycles. The predicted molar refractivity (Wildman–Crippen MR) is 118 cm³/mol. The first-order chi connectivity index (χ1) is 14.7. The first-order valence-corrected chi connectivity index (χ1v) is 10.9. The zero-order chi connectivity index (χ0) is 21.6. The van der Waals surface area contributed by atoms with Crippen molar-refractivity contribution >= 4 is 5.97 Å². The fourth-order valence-electron chi connectivity index (χ4n) is 3.29. The molecule has 0 radical (unpaired) electrons. The van der Waals surface area contributed by atoms with E-state index in [2.05, 4.69) is 16.9 Å². The van der Waals surface area contributed by atoms with Crippen LogP contribution in [0.25, 0.3) is 11.4 Å². The van der Waals surface area contributed by atoms with E-state index >= 15 is 0 Å². The van der Waals surface area contributed by atoms with Gasteiger partial charge < -0.3 is 14.6 Å². The van der Waals surface area contributed by atoms with Gasteiger partial charge in [-0.1, -0.05) is 32.6 Å². The van der Waals surface area contributed by atoms with Gasteiger partial charge in [-0.2, -0.15) is 0 Å². The number of aromatic nitrogens is 2. The normalized spacial score (nSPS) is 11.9. The van der Waals surface area contributed by atoms with Crippen LogP contribution in [0.4, 0.5) is 0 Å². The van der Waals surface area contributed by atoms with Crippen LogP contribution < -0.4 is 4.74 Å². The molecule has 1 aromatic carbocycles. The molecule has 2 rings (SSSR count). The van der Waals surface area contributed by atoms with Crippen LogP contribution >= 0.6 is 0 Å². The second kappa shape index (κ2) is 13.7. The van der Waals surface area contributed by atoms with E-state index in [1.165, 1.54) is 0 Å². The number of ether oxygens (including phenoxy) is 2. The zero-order valence-electron chi connectivity index (χ0n) is 18.2. The summed E-state index contributed by atoms with van der Waals surface area (Å²) >= 11 is 0. The highest BCUT2D eigenvalue weighted by atomic mass is 16.5. The van der Waals surface area contributed by atoms with E-state index in [9.17, 15) is 9.90 Å². The quantitative estimate of drug-likeness (QED) is 0.389. The Morgan fingerprint density at radius 2 is 1.63 bits per heavy atom. The van der Waals surface area contributed by atoms with Gasteiger partial charge in [0.2, 0.25) is 0 Å². The third kappa shape index (κ3) is 8.11. The minimum Gasteiger partial charge on any atom is -0.494 e. The molecule has 1 atom stereocenters. The van der Waals surface area contributed by atoms with E-state index in [1.54, 1.807) is 19.5 Å². The maximum absolute atomic E-state index is 11.6. The third-order valence-electron chi connectivity index (χ3n) is 5.09. The fraction of sp³-hybridized carbons (Fsp3) is 0.542. The Morgan fingerprint density at radius 1 is 0.967 bits per heavy atom. The van der Waals surface area contributed by atoms with Crippen molar-refractivity contribution in [2.45, 2.75) is 64.2 Å². The van der Waals surface area contributed by atoms with Gasteiger partial charge in [0.1, 0.15) is 5.75 Å². The molecule has 0 aliphatic heterocycles. The van der Waals surface area contributed by atoms with Crippen LogP contribution in [0.15, 0.2) is 36.7 Å². The maximum atomic E-state index is 11.6. The molecule has 6 heteroatoms. The summed E-state index contributed by atoms with van der Waals surface area (Å²) in [5.41, 5.74) is 1.54. The van der Waals surface area contributed by atoms with Crippen LogP contribution in [-0.2, 0) is 9.53 Å². The van der Waals surface area contributed by atoms with Crippen molar-refractivity contribution < 1.29 is 19.4 Å². The van der Waals surface area contributed by atoms with Gasteiger partial charge in [0, 0.05) is 37.2 Å². The lowest BCUT2D eigenvalue weighted by Gasteiger charge is -2.12. The van der Waals surface area contributed by atoms with Gasteiger partial charge >= 0.3 is 5.97 Å². The van der Waals surface area contributed by atoms with Crippen LogP contribution in [0.3, 0.4) is 0 Å². The van der Waals surface area contributed by atoms with Crippen LogP contribution in [0.5, 0.6) is 5.75 Å². The molecule has 30 heavy (non-hydrogen) atoms. The van der Waals surface area contributed by atoms with Crippen LogP contribution in [0.2, 0.25) is 0 Å². The molecular formula is C24H34N2O4. The highest BCUT2D eigenvalue weighted by molar-refractivity contribution is 5.75. The Balaban J connectivity index is 1.86. The van der Waals surface area contributed by atoms with Crippen molar-refractivity contribution in [3.8, 4) is 17.1 Å². The Labute approximate surface area is 179 Å². The van der Waals surface area contributed by atoms with Crippen molar-refractivity contribution in [3.05, 3.63) is 42.2 Å². The van der Waals surface area contributed by atoms with Crippen molar-refractivity contribution in [3.63, 3.8) is 0 Å². The number of hydrogen-bond acceptors (Lipinski definition) is 5. The molecule has 2 aromatic rings. The molecule has 164 valence electrons. The summed E-state index contributed by atoms with van der Waals surface area (Å²) in [6, 6.07) is 7.70. The van der Waals surface area contributed by atoms with Crippen molar-refractivity contribution in [1.82, 2.24) is 9.97 Å². The van der Waals surface area contributed by atoms with Crippen molar-refractivity contribution in [2.75, 3.05) is 20.3 Å². The molecule has 1 heterocycles. The number of aliphatic carboxylic acids is 1. The Kier molecular flexibility index (Phi) is 10.9. The van der Waals surface area contributed by atoms with E-state index in [0.717, 1.165) is 62.9 Å². The fourth-order valence-corrected chi connectivity index (χ4v) is 3.29. The Bertz CT molecular complexity index is 732. The second-order valence-corrected chi connectivity index (χ2v) is 7.51. The van der Waals surface area contributed by atoms with Crippen molar-refractivity contribution in [1.29, 1.82) is 0 Å². The number of carboxylic acid groups (broad SMARTS) is 1. The summed E-state index contributed by atoms with van der Waals surface area (Å²) < 4.78 is 10.8. The number of methoxy groups -OCH3 is 1. The first-order valence-electron chi connectivity index (χ1n) is 10.9. The summed E-state index contributed by atoms with van der Waals surface area (Å²) in [4.78, 5) is 20.4. The monoisotopic (exact) mass is 414 g/mol. The van der Waals surface area contributed by atoms with Crippen molar-refractivity contribution in [2.24, 2.45) is 0 Å². The summed E-state index contributed by atoms with van der Waals surface area (Å²) in [7, 11) is 1.73. The second-order valence-electron chi connectivity index (χ2n) is 7.51. The molecule has 1 N–H and O–H groups in total. The smallest absolute Gasteiger partial charge is 0.311 e. The van der Waals surface area contributed by atoms with Crippen LogP contribution in [0.1, 0.15) is 69.8 Å². The summed E-state index contributed by atoms with van der Waals surface area (Å²) in [5.74, 6) is 0.0498. The van der Waals surface area contributed by atoms with Gasteiger partial charge in [0.05, 0.1) is 12.5 Å². The van der Waals surface area contributed by atoms with Gasteiger partial charge in [-0.05, 0) is 49.9 Å². The molecular weight excluding hydrogens is 380 g/mol. The SMILES string of the molecule is CCCCCC(C(=O)O)c1cnc(-c2ccc(OCCCCCCOC)cc2)nc1. The number of benzene rings is 1. The average Bonchev–Trinajstić information content (AvgIpc) is 2.76. The highest BCUT2D eigenvalue weighted by Crippen LogP contribution is 2.24. The lowest BCUT2D eigenvalue weighted by molar-refractivity contribution is -0.139. The number of nitrogens with zero attached hydrogens (tertiary/aromatic N) is 2. The van der Waals surface area contributed by atoms with E-state index in [0.29, 0.717) is 24.4 Å². The number of carboxylic acids is 1. The number of carbonyl (C=O) groups is 1. The molecule has 1 unspecified atom stereocenters. The van der Waals surface area contributed by atoms with Crippen LogP contribution in [0, 0.1) is 0 Å². The summed E-state index contributed by atoms with van der Waals surface area (Å²) in [6.07, 6.45) is 11.3. The number of hydrogen-bond donors (Lipinski definition) is 1. The molecule has 0 amide bonds. The highest BCUT2D eigenvalue weighted by Gasteiger charge is 2.20. The summed E-state index contributed by atoms with van der Waals surface area (Å²) in [5, 5.41) is 9.51. The largest absolute Gasteiger partial charge is 0.494 e. The number of rotatable bonds is 15. The maximum Gasteiger partial charge on any atom is 0.311 e. The molecule has 0 aliphatic carbocycles. The number of unbranched alkanes of at least 4 members (excludes halogenated alkanes) is 5. The van der Waals surface area contributed by atoms with Gasteiger partial charge in [-0.25, -0.2) is 9.97 Å². The summed E-state index contributed by atoms with van der Waals surface area (Å²) in [6.45, 7) is 3.63. The molecule has 0 spiro atoms. The standard InChI is InChI=1S/C24H34N2O4/c1-3-4-7-10-22(24(27)28)20-17-25-23(26-18-20)19-11-13-21(14-12-19)30-16-9-6-5-8-15-29-2/h11-14,17-18,22H,3-10,15-16H2,1-2H3,(H,27,28). The van der Waals surface area contributed by atoms with Gasteiger partial charge in [0.25, 0.3) is 0 Å². The topological polar surface area (TPSA) is 81.5 Å². The molecule has 0 bridgehead atoms. The molecule has 1 aromatic heterocycles. The molecule has 6 nitrogen and oxygen atoms in total. The van der Waals surface area contributed by atoms with E-state index in [4.69, 9.17) is 9.47 Å². The molecule has 0 fully saturated rings. The minimum atomic E-state index is -0.817. The lowest BCUT2D eigenvalue weighted by atomic mass is 9.95. The van der Waals surface area contributed by atoms with Gasteiger partial charge in [-0.3, -0.25) is 4.79 Å². The Morgan fingerprint density at radius 3 is 2.23 bits per heavy atom. The van der Waals surface area contributed by atoms with Gasteiger partial charge in [-0.15, -0.1) is 0 Å². The molecule has 0 aliphatic rings. The zero-order valence-corrected chi connectivity index (χ0v) is 18.2. The van der Waals surface area contributed by atoms with Gasteiger partial charge in [0.15, 0.2) is 5.82 Å². The lowest BCUT2D eigenvalue weighted by Crippen LogP contribution is -2.12. The average molecular weight is 415 g/mol. The van der Waals surface area contributed by atoms with E-state index in [-0.39, 0.29) is 0 Å². The third-order valence-corrected chi connectivity index (χ3v) is 5.09. The minimum absolute atomic E-state index is 0.545. The van der Waals surface area contributed by atoms with E-state index in [1.807, 2.05) is 24.3 Å². The molecule has 0 saturated heterocycles. The first kappa shape index (κ1) is 23.8. The predicted octanol–water partition coefficient (Wildman–Crippen LogP) is 5.48. The van der Waals surface area contributed by atoms with E-state index < -0.39 is 11.9 Å². The van der Waals surface area contributed by atoms with Crippen LogP contribution in [-0.4, -0.2) is 41.4 Å². The Hall–Kier alpha value is -2.47.